The van der Waals surface area contributed by atoms with Crippen LogP contribution in [0.25, 0.3) is 0 Å². The van der Waals surface area contributed by atoms with E-state index in [1.165, 1.54) is 5.69 Å². The number of anilines is 1. The van der Waals surface area contributed by atoms with Gasteiger partial charge in [-0.15, -0.1) is 0 Å². The van der Waals surface area contributed by atoms with Crippen LogP contribution in [0.4, 0.5) is 5.69 Å². The Balaban J connectivity index is 2.01. The summed E-state index contributed by atoms with van der Waals surface area (Å²) in [5.41, 5.74) is 2.45. The number of hydrogen-bond acceptors (Lipinski definition) is 4. The summed E-state index contributed by atoms with van der Waals surface area (Å²) in [5, 5.41) is 3.41. The summed E-state index contributed by atoms with van der Waals surface area (Å²) in [7, 11) is 2.19. The van der Waals surface area contributed by atoms with Crippen molar-refractivity contribution in [3.8, 4) is 0 Å². The summed E-state index contributed by atoms with van der Waals surface area (Å²) in [4.78, 5) is 9.33. The summed E-state index contributed by atoms with van der Waals surface area (Å²) in [6.07, 6.45) is 3.10. The molecule has 0 aromatic carbocycles. The van der Waals surface area contributed by atoms with Crippen molar-refractivity contribution in [3.05, 3.63) is 24.0 Å². The fraction of sp³-hybridized carbons (Fsp3) is 0.667. The van der Waals surface area contributed by atoms with Gasteiger partial charge in [-0.05, 0) is 39.1 Å². The van der Waals surface area contributed by atoms with E-state index in [-0.39, 0.29) is 0 Å². The van der Waals surface area contributed by atoms with Crippen molar-refractivity contribution in [1.29, 1.82) is 0 Å². The van der Waals surface area contributed by atoms with Gasteiger partial charge in [0.2, 0.25) is 0 Å². The van der Waals surface area contributed by atoms with Crippen LogP contribution < -0.4 is 10.2 Å². The van der Waals surface area contributed by atoms with Gasteiger partial charge in [-0.3, -0.25) is 4.98 Å². The molecule has 1 saturated heterocycles. The Morgan fingerprint density at radius 2 is 2.26 bits per heavy atom. The van der Waals surface area contributed by atoms with Gasteiger partial charge in [-0.1, -0.05) is 6.92 Å². The minimum absolute atomic E-state index is 0.567. The Labute approximate surface area is 116 Å². The van der Waals surface area contributed by atoms with Crippen molar-refractivity contribution in [2.24, 2.45) is 0 Å². The highest BCUT2D eigenvalue weighted by Crippen LogP contribution is 2.20. The number of pyridine rings is 1. The molecule has 1 atom stereocenters. The van der Waals surface area contributed by atoms with E-state index in [2.05, 4.69) is 53.1 Å². The van der Waals surface area contributed by atoms with Gasteiger partial charge in [0.15, 0.2) is 0 Å². The first-order valence-corrected chi connectivity index (χ1v) is 7.31. The molecule has 106 valence electrons. The second-order valence-corrected chi connectivity index (χ2v) is 5.49. The summed E-state index contributed by atoms with van der Waals surface area (Å²) in [6.45, 7) is 9.76. The number of rotatable bonds is 5. The molecule has 1 N–H and O–H groups in total. The van der Waals surface area contributed by atoms with Crippen molar-refractivity contribution in [1.82, 2.24) is 15.2 Å². The van der Waals surface area contributed by atoms with Crippen LogP contribution in [0.2, 0.25) is 0 Å². The Morgan fingerprint density at radius 1 is 1.42 bits per heavy atom. The van der Waals surface area contributed by atoms with E-state index in [0.717, 1.165) is 44.8 Å². The van der Waals surface area contributed by atoms with E-state index in [1.54, 1.807) is 0 Å². The van der Waals surface area contributed by atoms with Crippen LogP contribution in [0.1, 0.15) is 26.0 Å². The molecule has 19 heavy (non-hydrogen) atoms. The second-order valence-electron chi connectivity index (χ2n) is 5.49. The van der Waals surface area contributed by atoms with Crippen LogP contribution in [0.15, 0.2) is 18.3 Å². The Kier molecular flexibility index (Phi) is 5.16. The predicted molar refractivity (Wildman–Crippen MR) is 80.5 cm³/mol. The highest BCUT2D eigenvalue weighted by atomic mass is 15.3. The van der Waals surface area contributed by atoms with Gasteiger partial charge in [-0.25, -0.2) is 0 Å². The normalized spacial score (nSPS) is 20.8. The minimum atomic E-state index is 0.567. The second kappa shape index (κ2) is 6.87. The standard InChI is InChI=1S/C15H26N4/c1-4-6-16-11-14-10-15(5-7-17-14)19-9-8-18(3)12-13(19)2/h5,7,10,13,16H,4,6,8-9,11-12H2,1-3H3. The molecule has 1 aliphatic rings. The summed E-state index contributed by atoms with van der Waals surface area (Å²) < 4.78 is 0. The van der Waals surface area contributed by atoms with Crippen molar-refractivity contribution in [3.63, 3.8) is 0 Å². The number of piperazine rings is 1. The number of nitrogens with zero attached hydrogens (tertiary/aromatic N) is 3. The Morgan fingerprint density at radius 3 is 3.00 bits per heavy atom. The number of aromatic nitrogens is 1. The minimum Gasteiger partial charge on any atom is -0.366 e. The van der Waals surface area contributed by atoms with E-state index in [0.29, 0.717) is 6.04 Å². The zero-order chi connectivity index (χ0) is 13.7. The zero-order valence-corrected chi connectivity index (χ0v) is 12.4. The van der Waals surface area contributed by atoms with Gasteiger partial charge in [0, 0.05) is 44.1 Å². The molecule has 1 fully saturated rings. The molecule has 0 amide bonds. The Bertz CT molecular complexity index is 393. The molecule has 0 bridgehead atoms. The summed E-state index contributed by atoms with van der Waals surface area (Å²) >= 11 is 0. The third-order valence-electron chi connectivity index (χ3n) is 3.70. The molecule has 0 spiro atoms. The van der Waals surface area contributed by atoms with Gasteiger partial charge in [0.1, 0.15) is 0 Å². The highest BCUT2D eigenvalue weighted by molar-refractivity contribution is 5.48. The first-order valence-electron chi connectivity index (χ1n) is 7.31. The third kappa shape index (κ3) is 3.91. The van der Waals surface area contributed by atoms with Crippen LogP contribution in [0.3, 0.4) is 0 Å². The molecule has 0 aliphatic carbocycles. The van der Waals surface area contributed by atoms with E-state index in [1.807, 2.05) is 6.20 Å². The van der Waals surface area contributed by atoms with Gasteiger partial charge in [0.05, 0.1) is 5.69 Å². The van der Waals surface area contributed by atoms with Crippen LogP contribution in [0, 0.1) is 0 Å². The van der Waals surface area contributed by atoms with Crippen molar-refractivity contribution >= 4 is 5.69 Å². The first kappa shape index (κ1) is 14.3. The number of nitrogens with one attached hydrogen (secondary N) is 1. The molecule has 2 heterocycles. The SMILES string of the molecule is CCCNCc1cc(N2CCN(C)CC2C)ccn1. The molecule has 2 rings (SSSR count). The molecule has 1 aliphatic heterocycles. The molecule has 4 heteroatoms. The van der Waals surface area contributed by atoms with Crippen molar-refractivity contribution < 1.29 is 0 Å². The molecule has 1 aromatic rings. The molecular weight excluding hydrogens is 236 g/mol. The molecule has 1 aromatic heterocycles. The average Bonchev–Trinajstić information content (AvgIpc) is 2.39. The molecule has 0 radical (unpaired) electrons. The smallest absolute Gasteiger partial charge is 0.0562 e. The number of likely N-dealkylation sites (N-methyl/N-ethyl adjacent to an activating group) is 1. The molecule has 0 saturated carbocycles. The van der Waals surface area contributed by atoms with Gasteiger partial charge >= 0.3 is 0 Å². The molecular formula is C15H26N4. The maximum atomic E-state index is 4.45. The third-order valence-corrected chi connectivity index (χ3v) is 3.70. The lowest BCUT2D eigenvalue weighted by molar-refractivity contribution is 0.275. The summed E-state index contributed by atoms with van der Waals surface area (Å²) in [6, 6.07) is 4.92. The lowest BCUT2D eigenvalue weighted by Crippen LogP contribution is -2.50. The Hall–Kier alpha value is -1.13. The zero-order valence-electron chi connectivity index (χ0n) is 12.4. The van der Waals surface area contributed by atoms with Crippen LogP contribution in [-0.2, 0) is 6.54 Å². The van der Waals surface area contributed by atoms with E-state index >= 15 is 0 Å². The van der Waals surface area contributed by atoms with Gasteiger partial charge in [0.25, 0.3) is 0 Å². The molecule has 1 unspecified atom stereocenters. The first-order chi connectivity index (χ1) is 9.20. The van der Waals surface area contributed by atoms with Crippen molar-refractivity contribution in [2.45, 2.75) is 32.9 Å². The van der Waals surface area contributed by atoms with Gasteiger partial charge in [-0.2, -0.15) is 0 Å². The maximum absolute atomic E-state index is 4.45. The molecule has 4 nitrogen and oxygen atoms in total. The monoisotopic (exact) mass is 262 g/mol. The van der Waals surface area contributed by atoms with E-state index in [9.17, 15) is 0 Å². The number of hydrogen-bond donors (Lipinski definition) is 1. The van der Waals surface area contributed by atoms with E-state index in [4.69, 9.17) is 0 Å². The highest BCUT2D eigenvalue weighted by Gasteiger charge is 2.21. The fourth-order valence-corrected chi connectivity index (χ4v) is 2.66. The van der Waals surface area contributed by atoms with Crippen LogP contribution >= 0.6 is 0 Å². The van der Waals surface area contributed by atoms with E-state index < -0.39 is 0 Å². The van der Waals surface area contributed by atoms with Crippen molar-refractivity contribution in [2.75, 3.05) is 38.1 Å². The fourth-order valence-electron chi connectivity index (χ4n) is 2.66. The maximum Gasteiger partial charge on any atom is 0.0562 e. The van der Waals surface area contributed by atoms with Crippen LogP contribution in [0.5, 0.6) is 0 Å². The summed E-state index contributed by atoms with van der Waals surface area (Å²) in [5.74, 6) is 0. The predicted octanol–water partition coefficient (Wildman–Crippen LogP) is 1.72. The van der Waals surface area contributed by atoms with Gasteiger partial charge < -0.3 is 15.1 Å². The lowest BCUT2D eigenvalue weighted by Gasteiger charge is -2.39. The largest absolute Gasteiger partial charge is 0.366 e. The average molecular weight is 262 g/mol. The quantitative estimate of drug-likeness (QED) is 0.819. The topological polar surface area (TPSA) is 31.4 Å². The lowest BCUT2D eigenvalue weighted by atomic mass is 10.1. The van der Waals surface area contributed by atoms with Crippen LogP contribution in [-0.4, -0.2) is 49.2 Å².